The second kappa shape index (κ2) is 12.8. The van der Waals surface area contributed by atoms with Gasteiger partial charge in [-0.25, -0.2) is 19.9 Å². The van der Waals surface area contributed by atoms with Gasteiger partial charge >= 0.3 is 0 Å². The molecule has 6 heteroatoms. The fraction of sp³-hybridized carbons (Fsp3) is 0. The Bertz CT molecular complexity index is 3560. The van der Waals surface area contributed by atoms with E-state index in [0.29, 0.717) is 28.9 Å². The Kier molecular flexibility index (Phi) is 7.13. The van der Waals surface area contributed by atoms with Crippen LogP contribution in [0, 0.1) is 0 Å². The summed E-state index contributed by atoms with van der Waals surface area (Å²) < 4.78 is 13.0. The minimum atomic E-state index is 0.571. The smallest absolute Gasteiger partial charge is 0.227 e. The molecule has 0 saturated carbocycles. The monoisotopic (exact) mass is 742 g/mol. The van der Waals surface area contributed by atoms with E-state index in [2.05, 4.69) is 127 Å². The number of nitrogens with zero attached hydrogens (tertiary/aromatic N) is 4. The largest absolute Gasteiger partial charge is 0.456 e. The summed E-state index contributed by atoms with van der Waals surface area (Å²) in [6.07, 6.45) is 0. The normalized spacial score (nSPS) is 11.8. The standard InChI is InChI=1S/C52H30N4O2/c1-3-9-31(10-4-1)32-15-21-36(22-16-32)49-54-50(38-23-19-34-18-17-33-11-7-8-14-40(33)41(34)29-38)56-51(55-49)39-24-20-35-25-27-44-46(42(35)30-39)47-45(57-44)28-26-43-48(47)58-52(53-43)37-12-5-2-6-13-37/h1-30H. The van der Waals surface area contributed by atoms with Crippen LogP contribution in [0.1, 0.15) is 0 Å². The summed E-state index contributed by atoms with van der Waals surface area (Å²) in [5.74, 6) is 2.35. The number of hydrogen-bond donors (Lipinski definition) is 0. The van der Waals surface area contributed by atoms with E-state index >= 15 is 0 Å². The summed E-state index contributed by atoms with van der Waals surface area (Å²) in [6, 6.07) is 62.5. The molecule has 12 aromatic rings. The third-order valence-corrected chi connectivity index (χ3v) is 11.1. The van der Waals surface area contributed by atoms with Gasteiger partial charge in [0.1, 0.15) is 16.7 Å². The molecule has 3 heterocycles. The molecule has 0 aliphatic carbocycles. The van der Waals surface area contributed by atoms with Crippen molar-refractivity contribution in [2.24, 2.45) is 0 Å². The molecule has 0 aliphatic rings. The van der Waals surface area contributed by atoms with Crippen molar-refractivity contribution in [3.05, 3.63) is 182 Å². The van der Waals surface area contributed by atoms with Gasteiger partial charge in [0.25, 0.3) is 0 Å². The minimum absolute atomic E-state index is 0.571. The molecule has 9 aromatic carbocycles. The average molecular weight is 743 g/mol. The van der Waals surface area contributed by atoms with Crippen LogP contribution < -0.4 is 0 Å². The molecule has 0 bridgehead atoms. The van der Waals surface area contributed by atoms with Crippen molar-refractivity contribution in [1.82, 2.24) is 19.9 Å². The Balaban J connectivity index is 1.06. The van der Waals surface area contributed by atoms with Crippen LogP contribution in [-0.4, -0.2) is 19.9 Å². The Morgan fingerprint density at radius 1 is 0.310 bits per heavy atom. The summed E-state index contributed by atoms with van der Waals surface area (Å²) >= 11 is 0. The van der Waals surface area contributed by atoms with E-state index in [1.807, 2.05) is 54.6 Å². The fourth-order valence-electron chi connectivity index (χ4n) is 8.25. The lowest BCUT2D eigenvalue weighted by atomic mass is 9.99. The second-order valence-corrected chi connectivity index (χ2v) is 14.6. The summed E-state index contributed by atoms with van der Waals surface area (Å²) in [4.78, 5) is 20.4. The van der Waals surface area contributed by atoms with Gasteiger partial charge in [-0.1, -0.05) is 140 Å². The molecule has 0 unspecified atom stereocenters. The Morgan fingerprint density at radius 2 is 0.810 bits per heavy atom. The number of rotatable bonds is 5. The van der Waals surface area contributed by atoms with Gasteiger partial charge in [0, 0.05) is 27.6 Å². The van der Waals surface area contributed by atoms with E-state index in [-0.39, 0.29) is 0 Å². The highest BCUT2D eigenvalue weighted by atomic mass is 16.4. The van der Waals surface area contributed by atoms with Crippen molar-refractivity contribution in [3.63, 3.8) is 0 Å². The highest BCUT2D eigenvalue weighted by Gasteiger charge is 2.20. The molecule has 3 aromatic heterocycles. The summed E-state index contributed by atoms with van der Waals surface area (Å²) in [6.45, 7) is 0. The Labute approximate surface area is 331 Å². The first-order valence-electron chi connectivity index (χ1n) is 19.3. The first-order chi connectivity index (χ1) is 28.7. The topological polar surface area (TPSA) is 77.8 Å². The molecule has 12 rings (SSSR count). The molecule has 0 saturated heterocycles. The van der Waals surface area contributed by atoms with Crippen LogP contribution in [0.3, 0.4) is 0 Å². The van der Waals surface area contributed by atoms with E-state index in [1.165, 1.54) is 10.8 Å². The number of aromatic nitrogens is 4. The molecule has 0 radical (unpaired) electrons. The molecule has 0 fully saturated rings. The number of furan rings is 1. The van der Waals surface area contributed by atoms with Crippen molar-refractivity contribution in [3.8, 4) is 56.7 Å². The number of oxazole rings is 1. The molecular weight excluding hydrogens is 713 g/mol. The molecule has 0 N–H and O–H groups in total. The summed E-state index contributed by atoms with van der Waals surface area (Å²) in [5.41, 5.74) is 8.86. The molecule has 0 spiro atoms. The van der Waals surface area contributed by atoms with Crippen LogP contribution in [0.15, 0.2) is 191 Å². The highest BCUT2D eigenvalue weighted by Crippen LogP contribution is 2.41. The van der Waals surface area contributed by atoms with Gasteiger partial charge in [-0.2, -0.15) is 0 Å². The molecule has 0 aliphatic heterocycles. The van der Waals surface area contributed by atoms with E-state index in [0.717, 1.165) is 82.4 Å². The van der Waals surface area contributed by atoms with Crippen LogP contribution in [0.5, 0.6) is 0 Å². The van der Waals surface area contributed by atoms with Crippen LogP contribution in [-0.2, 0) is 0 Å². The zero-order valence-corrected chi connectivity index (χ0v) is 30.9. The van der Waals surface area contributed by atoms with Crippen molar-refractivity contribution < 1.29 is 8.83 Å². The fourth-order valence-corrected chi connectivity index (χ4v) is 8.25. The predicted molar refractivity (Wildman–Crippen MR) is 234 cm³/mol. The van der Waals surface area contributed by atoms with Crippen molar-refractivity contribution >= 4 is 65.4 Å². The predicted octanol–water partition coefficient (Wildman–Crippen LogP) is 13.7. The van der Waals surface area contributed by atoms with Crippen LogP contribution >= 0.6 is 0 Å². The Morgan fingerprint density at radius 3 is 1.55 bits per heavy atom. The maximum Gasteiger partial charge on any atom is 0.227 e. The van der Waals surface area contributed by atoms with E-state index in [4.69, 9.17) is 28.8 Å². The van der Waals surface area contributed by atoms with Crippen LogP contribution in [0.4, 0.5) is 0 Å². The number of fused-ring (bicyclic) bond motifs is 10. The number of benzene rings is 9. The highest BCUT2D eigenvalue weighted by molar-refractivity contribution is 6.25. The maximum atomic E-state index is 6.52. The van der Waals surface area contributed by atoms with Crippen LogP contribution in [0.2, 0.25) is 0 Å². The van der Waals surface area contributed by atoms with Gasteiger partial charge < -0.3 is 8.83 Å². The summed E-state index contributed by atoms with van der Waals surface area (Å²) in [5, 5.41) is 8.62. The SMILES string of the molecule is c1ccc(-c2ccc(-c3nc(-c4ccc5ccc6ccccc6c5c4)nc(-c4ccc5ccc6oc7ccc8nc(-c9ccccc9)oc8c7c6c5c4)n3)cc2)cc1. The summed E-state index contributed by atoms with van der Waals surface area (Å²) in [7, 11) is 0. The van der Waals surface area contributed by atoms with Gasteiger partial charge in [0.2, 0.25) is 5.89 Å². The quantitative estimate of drug-likeness (QED) is 0.163. The van der Waals surface area contributed by atoms with Gasteiger partial charge in [0.15, 0.2) is 23.1 Å². The first-order valence-corrected chi connectivity index (χ1v) is 19.3. The zero-order chi connectivity index (χ0) is 38.2. The van der Waals surface area contributed by atoms with Crippen molar-refractivity contribution in [2.75, 3.05) is 0 Å². The first kappa shape index (κ1) is 32.3. The lowest BCUT2D eigenvalue weighted by Crippen LogP contribution is -2.00. The lowest BCUT2D eigenvalue weighted by Gasteiger charge is -2.11. The zero-order valence-electron chi connectivity index (χ0n) is 30.9. The molecule has 6 nitrogen and oxygen atoms in total. The van der Waals surface area contributed by atoms with Gasteiger partial charge in [-0.15, -0.1) is 0 Å². The lowest BCUT2D eigenvalue weighted by molar-refractivity contribution is 0.622. The molecule has 0 amide bonds. The second-order valence-electron chi connectivity index (χ2n) is 14.6. The molecule has 270 valence electrons. The van der Waals surface area contributed by atoms with E-state index in [9.17, 15) is 0 Å². The van der Waals surface area contributed by atoms with Crippen LogP contribution in [0.25, 0.3) is 122 Å². The maximum absolute atomic E-state index is 6.52. The van der Waals surface area contributed by atoms with Crippen molar-refractivity contribution in [2.45, 2.75) is 0 Å². The van der Waals surface area contributed by atoms with Gasteiger partial charge in [-0.05, 0) is 85.9 Å². The van der Waals surface area contributed by atoms with E-state index in [1.54, 1.807) is 0 Å². The van der Waals surface area contributed by atoms with E-state index < -0.39 is 0 Å². The third-order valence-electron chi connectivity index (χ3n) is 11.1. The number of hydrogen-bond acceptors (Lipinski definition) is 6. The molecular formula is C52H30N4O2. The Hall–Kier alpha value is -7.96. The molecule has 0 atom stereocenters. The average Bonchev–Trinajstić information content (AvgIpc) is 3.91. The minimum Gasteiger partial charge on any atom is -0.456 e. The molecule has 58 heavy (non-hydrogen) atoms. The third kappa shape index (κ3) is 5.27. The van der Waals surface area contributed by atoms with Gasteiger partial charge in [0.05, 0.1) is 5.39 Å². The van der Waals surface area contributed by atoms with Crippen molar-refractivity contribution in [1.29, 1.82) is 0 Å². The van der Waals surface area contributed by atoms with Gasteiger partial charge in [-0.3, -0.25) is 0 Å².